The van der Waals surface area contributed by atoms with Gasteiger partial charge in [0.1, 0.15) is 0 Å². The molecule has 0 saturated carbocycles. The van der Waals surface area contributed by atoms with Gasteiger partial charge in [-0.3, -0.25) is 4.79 Å². The predicted molar refractivity (Wildman–Crippen MR) is 87.3 cm³/mol. The van der Waals surface area contributed by atoms with Crippen molar-refractivity contribution in [3.05, 3.63) is 29.8 Å². The van der Waals surface area contributed by atoms with E-state index < -0.39 is 0 Å². The van der Waals surface area contributed by atoms with Crippen molar-refractivity contribution >= 4 is 12.0 Å². The first-order valence-electron chi connectivity index (χ1n) is 7.39. The topological polar surface area (TPSA) is 56.8 Å². The van der Waals surface area contributed by atoms with Crippen molar-refractivity contribution in [2.45, 2.75) is 26.3 Å². The van der Waals surface area contributed by atoms with Crippen LogP contribution in [0.4, 0.5) is 0 Å². The minimum atomic E-state index is -0.127. The van der Waals surface area contributed by atoms with E-state index in [1.54, 1.807) is 20.3 Å². The number of carbonyl (C=O) groups is 1. The lowest BCUT2D eigenvalue weighted by atomic mass is 10.2. The molecule has 0 aliphatic heterocycles. The lowest BCUT2D eigenvalue weighted by Crippen LogP contribution is -2.31. The molecular weight excluding hydrogens is 282 g/mol. The van der Waals surface area contributed by atoms with Gasteiger partial charge in [0.2, 0.25) is 5.91 Å². The lowest BCUT2D eigenvalue weighted by molar-refractivity contribution is -0.117. The second kappa shape index (κ2) is 9.84. The first kappa shape index (κ1) is 18.0. The number of nitrogens with one attached hydrogen (secondary N) is 1. The molecule has 1 unspecified atom stereocenters. The second-order valence-corrected chi connectivity index (χ2v) is 4.87. The van der Waals surface area contributed by atoms with E-state index in [4.69, 9.17) is 14.2 Å². The third-order valence-electron chi connectivity index (χ3n) is 3.06. The summed E-state index contributed by atoms with van der Waals surface area (Å²) >= 11 is 0. The molecule has 0 saturated heterocycles. The zero-order valence-corrected chi connectivity index (χ0v) is 13.7. The highest BCUT2D eigenvalue weighted by Gasteiger charge is 2.06. The van der Waals surface area contributed by atoms with Crippen molar-refractivity contribution in [3.63, 3.8) is 0 Å². The van der Waals surface area contributed by atoms with E-state index in [1.165, 1.54) is 6.08 Å². The summed E-state index contributed by atoms with van der Waals surface area (Å²) in [5, 5.41) is 2.89. The molecule has 0 heterocycles. The van der Waals surface area contributed by atoms with E-state index >= 15 is 0 Å². The maximum atomic E-state index is 11.8. The van der Waals surface area contributed by atoms with Crippen molar-refractivity contribution in [2.24, 2.45) is 0 Å². The number of hydrogen-bond donors (Lipinski definition) is 1. The normalized spacial score (nSPS) is 12.2. The minimum absolute atomic E-state index is 0.0759. The average molecular weight is 307 g/mol. The number of rotatable bonds is 9. The summed E-state index contributed by atoms with van der Waals surface area (Å²) in [6.45, 7) is 5.05. The molecule has 0 radical (unpaired) electrons. The van der Waals surface area contributed by atoms with Gasteiger partial charge in [-0.25, -0.2) is 0 Å². The van der Waals surface area contributed by atoms with Crippen molar-refractivity contribution in [3.8, 4) is 11.5 Å². The number of carbonyl (C=O) groups excluding carboxylic acids is 1. The Bertz CT molecular complexity index is 499. The standard InChI is InChI=1S/C17H25NO4/c1-5-22-16-12-14(6-8-15(16)21-4)7-9-17(19)18-13(2)10-11-20-3/h6-9,12-13H,5,10-11H2,1-4H3,(H,18,19). The van der Waals surface area contributed by atoms with Gasteiger partial charge in [0.25, 0.3) is 0 Å². The summed E-state index contributed by atoms with van der Waals surface area (Å²) in [5.41, 5.74) is 0.879. The molecule has 1 amide bonds. The van der Waals surface area contributed by atoms with Gasteiger partial charge < -0.3 is 19.5 Å². The van der Waals surface area contributed by atoms with Crippen molar-refractivity contribution < 1.29 is 19.0 Å². The molecule has 5 nitrogen and oxygen atoms in total. The van der Waals surface area contributed by atoms with Gasteiger partial charge in [0.15, 0.2) is 11.5 Å². The molecule has 122 valence electrons. The molecule has 1 aromatic carbocycles. The van der Waals surface area contributed by atoms with Crippen LogP contribution in [0.2, 0.25) is 0 Å². The molecule has 1 rings (SSSR count). The van der Waals surface area contributed by atoms with Crippen LogP contribution >= 0.6 is 0 Å². The summed E-state index contributed by atoms with van der Waals surface area (Å²) in [4.78, 5) is 11.8. The second-order valence-electron chi connectivity index (χ2n) is 4.87. The van der Waals surface area contributed by atoms with Crippen LogP contribution in [0.25, 0.3) is 6.08 Å². The maximum absolute atomic E-state index is 11.8. The number of benzene rings is 1. The van der Waals surface area contributed by atoms with Crippen LogP contribution in [0, 0.1) is 0 Å². The Labute approximate surface area is 132 Å². The van der Waals surface area contributed by atoms with Crippen LogP contribution in [-0.4, -0.2) is 39.4 Å². The first-order chi connectivity index (χ1) is 10.6. The summed E-state index contributed by atoms with van der Waals surface area (Å²) in [7, 11) is 3.25. The summed E-state index contributed by atoms with van der Waals surface area (Å²) in [6, 6.07) is 5.62. The Balaban J connectivity index is 2.65. The van der Waals surface area contributed by atoms with Crippen LogP contribution in [0.1, 0.15) is 25.8 Å². The highest BCUT2D eigenvalue weighted by Crippen LogP contribution is 2.28. The van der Waals surface area contributed by atoms with Gasteiger partial charge in [0, 0.05) is 25.8 Å². The third kappa shape index (κ3) is 6.18. The molecule has 0 aromatic heterocycles. The fourth-order valence-corrected chi connectivity index (χ4v) is 1.89. The Morgan fingerprint density at radius 1 is 1.32 bits per heavy atom. The third-order valence-corrected chi connectivity index (χ3v) is 3.06. The predicted octanol–water partition coefficient (Wildman–Crippen LogP) is 2.65. The van der Waals surface area contributed by atoms with E-state index in [1.807, 2.05) is 32.0 Å². The summed E-state index contributed by atoms with van der Waals surface area (Å²) in [6.07, 6.45) is 4.05. The van der Waals surface area contributed by atoms with E-state index in [9.17, 15) is 4.79 Å². The Morgan fingerprint density at radius 3 is 2.73 bits per heavy atom. The monoisotopic (exact) mass is 307 g/mol. The van der Waals surface area contributed by atoms with Crippen molar-refractivity contribution in [1.29, 1.82) is 0 Å². The molecule has 0 fully saturated rings. The van der Waals surface area contributed by atoms with E-state index in [0.717, 1.165) is 12.0 Å². The molecule has 0 spiro atoms. The quantitative estimate of drug-likeness (QED) is 0.713. The van der Waals surface area contributed by atoms with E-state index in [0.29, 0.717) is 24.7 Å². The molecule has 0 aliphatic carbocycles. The lowest BCUT2D eigenvalue weighted by Gasteiger charge is -2.11. The van der Waals surface area contributed by atoms with Crippen LogP contribution in [0.15, 0.2) is 24.3 Å². The molecule has 0 aliphatic rings. The maximum Gasteiger partial charge on any atom is 0.244 e. The number of ether oxygens (including phenoxy) is 3. The van der Waals surface area contributed by atoms with Crippen LogP contribution in [0.3, 0.4) is 0 Å². The fourth-order valence-electron chi connectivity index (χ4n) is 1.89. The Kier molecular flexibility index (Phi) is 8.07. The van der Waals surface area contributed by atoms with Gasteiger partial charge in [-0.15, -0.1) is 0 Å². The van der Waals surface area contributed by atoms with E-state index in [-0.39, 0.29) is 11.9 Å². The minimum Gasteiger partial charge on any atom is -0.493 e. The largest absolute Gasteiger partial charge is 0.493 e. The molecule has 0 bridgehead atoms. The van der Waals surface area contributed by atoms with Gasteiger partial charge in [0.05, 0.1) is 13.7 Å². The molecule has 1 aromatic rings. The molecule has 5 heteroatoms. The van der Waals surface area contributed by atoms with E-state index in [2.05, 4.69) is 5.32 Å². The van der Waals surface area contributed by atoms with Crippen LogP contribution < -0.4 is 14.8 Å². The van der Waals surface area contributed by atoms with Gasteiger partial charge >= 0.3 is 0 Å². The van der Waals surface area contributed by atoms with Gasteiger partial charge in [-0.2, -0.15) is 0 Å². The SMILES string of the molecule is CCOc1cc(C=CC(=O)NC(C)CCOC)ccc1OC. The van der Waals surface area contributed by atoms with Crippen LogP contribution in [-0.2, 0) is 9.53 Å². The number of amides is 1. The smallest absolute Gasteiger partial charge is 0.244 e. The summed E-state index contributed by atoms with van der Waals surface area (Å²) < 4.78 is 15.7. The zero-order valence-electron chi connectivity index (χ0n) is 13.7. The van der Waals surface area contributed by atoms with Gasteiger partial charge in [-0.05, 0) is 44.0 Å². The Hall–Kier alpha value is -2.01. The van der Waals surface area contributed by atoms with Crippen LogP contribution in [0.5, 0.6) is 11.5 Å². The number of hydrogen-bond acceptors (Lipinski definition) is 4. The number of methoxy groups -OCH3 is 2. The molecular formula is C17H25NO4. The average Bonchev–Trinajstić information content (AvgIpc) is 2.51. The van der Waals surface area contributed by atoms with Gasteiger partial charge in [-0.1, -0.05) is 6.07 Å². The molecule has 1 N–H and O–H groups in total. The first-order valence-corrected chi connectivity index (χ1v) is 7.39. The highest BCUT2D eigenvalue weighted by atomic mass is 16.5. The molecule has 22 heavy (non-hydrogen) atoms. The summed E-state index contributed by atoms with van der Waals surface area (Å²) in [5.74, 6) is 1.22. The fraction of sp³-hybridized carbons (Fsp3) is 0.471. The highest BCUT2D eigenvalue weighted by molar-refractivity contribution is 5.91. The Morgan fingerprint density at radius 2 is 2.09 bits per heavy atom. The van der Waals surface area contributed by atoms with Crippen molar-refractivity contribution in [2.75, 3.05) is 27.4 Å². The van der Waals surface area contributed by atoms with Crippen molar-refractivity contribution in [1.82, 2.24) is 5.32 Å². The zero-order chi connectivity index (χ0) is 16.4. The molecule has 1 atom stereocenters.